The van der Waals surface area contributed by atoms with Crippen LogP contribution in [-0.4, -0.2) is 35.5 Å². The number of amides is 2. The third-order valence-corrected chi connectivity index (χ3v) is 7.24. The number of hydrogen-bond donors (Lipinski definition) is 3. The molecule has 0 aliphatic rings. The Morgan fingerprint density at radius 1 is 1.05 bits per heavy atom. The van der Waals surface area contributed by atoms with Gasteiger partial charge in [-0.25, -0.2) is 9.59 Å². The molecular weight excluding hydrogens is 556 g/mol. The first-order chi connectivity index (χ1) is 18.1. The van der Waals surface area contributed by atoms with Crippen LogP contribution in [0.5, 0.6) is 0 Å². The van der Waals surface area contributed by atoms with Crippen molar-refractivity contribution in [3.8, 4) is 11.1 Å². The average molecular weight is 583 g/mol. The second-order valence-corrected chi connectivity index (χ2v) is 10.1. The number of hydrogen-bond acceptors (Lipinski definition) is 6. The lowest BCUT2D eigenvalue weighted by Gasteiger charge is -2.20. The van der Waals surface area contributed by atoms with E-state index in [0.717, 1.165) is 21.0 Å². The Hall–Kier alpha value is -3.92. The van der Waals surface area contributed by atoms with Crippen molar-refractivity contribution < 1.29 is 28.3 Å². The predicted molar refractivity (Wildman–Crippen MR) is 146 cm³/mol. The molecule has 0 bridgehead atoms. The number of carbonyl (C=O) groups is 3. The average Bonchev–Trinajstić information content (AvgIpc) is 3.30. The van der Waals surface area contributed by atoms with Crippen molar-refractivity contribution in [2.75, 3.05) is 6.54 Å². The van der Waals surface area contributed by atoms with Crippen LogP contribution in [0.2, 0.25) is 0 Å². The summed E-state index contributed by atoms with van der Waals surface area (Å²) in [4.78, 5) is 49.0. The molecule has 9 nitrogen and oxygen atoms in total. The molecular formula is C28H27BrN2O7. The molecule has 38 heavy (non-hydrogen) atoms. The van der Waals surface area contributed by atoms with Crippen LogP contribution in [0.15, 0.2) is 60.8 Å². The van der Waals surface area contributed by atoms with Gasteiger partial charge in [0, 0.05) is 26.9 Å². The minimum atomic E-state index is -1.14. The van der Waals surface area contributed by atoms with Crippen LogP contribution in [0.4, 0.5) is 0 Å². The van der Waals surface area contributed by atoms with E-state index in [-0.39, 0.29) is 17.9 Å². The standard InChI is InChI=1S/C28H27BrN2O7/c1-4-14(2)26(27(34)35)31-25(33)12-30-24(32)10-19-15(3)18-9-20-21(16-5-7-17(29)8-6-16)13-37-22(20)11-23(18)38-28(19)36/h5-9,11,13-14,26H,4,10,12H2,1-3H3,(H,30,32)(H,31,33)(H,34,35)/t14-,26-/m0/s1. The normalized spacial score (nSPS) is 12.8. The molecule has 3 N–H and O–H groups in total. The van der Waals surface area contributed by atoms with Gasteiger partial charge >= 0.3 is 11.6 Å². The van der Waals surface area contributed by atoms with Crippen molar-refractivity contribution in [2.24, 2.45) is 5.92 Å². The van der Waals surface area contributed by atoms with Gasteiger partial charge < -0.3 is 24.6 Å². The Kier molecular flexibility index (Phi) is 8.01. The van der Waals surface area contributed by atoms with E-state index in [0.29, 0.717) is 28.5 Å². The van der Waals surface area contributed by atoms with Gasteiger partial charge in [0.2, 0.25) is 11.8 Å². The number of nitrogens with one attached hydrogen (secondary N) is 2. The third-order valence-electron chi connectivity index (χ3n) is 6.72. The molecule has 0 saturated heterocycles. The fraction of sp³-hybridized carbons (Fsp3) is 0.286. The highest BCUT2D eigenvalue weighted by Gasteiger charge is 2.25. The van der Waals surface area contributed by atoms with E-state index in [4.69, 9.17) is 8.83 Å². The molecule has 0 aliphatic heterocycles. The van der Waals surface area contributed by atoms with Gasteiger partial charge in [-0.1, -0.05) is 48.3 Å². The zero-order valence-corrected chi connectivity index (χ0v) is 22.7. The Balaban J connectivity index is 1.55. The minimum Gasteiger partial charge on any atom is -0.480 e. The number of fused-ring (bicyclic) bond motifs is 2. The van der Waals surface area contributed by atoms with Crippen molar-refractivity contribution in [1.82, 2.24) is 10.6 Å². The SMILES string of the molecule is CC[C@H](C)[C@H](NC(=O)CNC(=O)Cc1c(C)c2cc3c(-c4ccc(Br)cc4)coc3cc2oc1=O)C(=O)O. The molecule has 198 valence electrons. The summed E-state index contributed by atoms with van der Waals surface area (Å²) >= 11 is 3.43. The first-order valence-electron chi connectivity index (χ1n) is 12.1. The van der Waals surface area contributed by atoms with Crippen LogP contribution >= 0.6 is 15.9 Å². The molecule has 2 heterocycles. The first-order valence-corrected chi connectivity index (χ1v) is 12.9. The Bertz CT molecular complexity index is 1590. The third kappa shape index (κ3) is 5.65. The van der Waals surface area contributed by atoms with Gasteiger partial charge in [0.05, 0.1) is 24.8 Å². The summed E-state index contributed by atoms with van der Waals surface area (Å²) in [5.74, 6) is -2.61. The molecule has 2 aromatic carbocycles. The summed E-state index contributed by atoms with van der Waals surface area (Å²) in [7, 11) is 0. The number of rotatable bonds is 9. The molecule has 0 spiro atoms. The largest absolute Gasteiger partial charge is 0.480 e. The number of furan rings is 1. The van der Waals surface area contributed by atoms with Crippen molar-refractivity contribution in [2.45, 2.75) is 39.7 Å². The van der Waals surface area contributed by atoms with E-state index >= 15 is 0 Å². The van der Waals surface area contributed by atoms with Gasteiger partial charge in [0.15, 0.2) is 0 Å². The summed E-state index contributed by atoms with van der Waals surface area (Å²) in [5, 5.41) is 15.7. The Labute approximate surface area is 226 Å². The van der Waals surface area contributed by atoms with Crippen LogP contribution in [0.1, 0.15) is 31.4 Å². The quantitative estimate of drug-likeness (QED) is 0.246. The van der Waals surface area contributed by atoms with Crippen molar-refractivity contribution >= 4 is 55.7 Å². The van der Waals surface area contributed by atoms with Gasteiger partial charge in [-0.2, -0.15) is 0 Å². The zero-order chi connectivity index (χ0) is 27.6. The highest BCUT2D eigenvalue weighted by molar-refractivity contribution is 9.10. The molecule has 0 unspecified atom stereocenters. The van der Waals surface area contributed by atoms with Crippen LogP contribution in [0.25, 0.3) is 33.1 Å². The smallest absolute Gasteiger partial charge is 0.340 e. The van der Waals surface area contributed by atoms with Crippen LogP contribution < -0.4 is 16.3 Å². The van der Waals surface area contributed by atoms with Crippen molar-refractivity contribution in [1.29, 1.82) is 0 Å². The number of carbonyl (C=O) groups excluding carboxylic acids is 2. The molecule has 2 aromatic heterocycles. The zero-order valence-electron chi connectivity index (χ0n) is 21.1. The molecule has 0 fully saturated rings. The van der Waals surface area contributed by atoms with Crippen LogP contribution in [0, 0.1) is 12.8 Å². The number of aryl methyl sites for hydroxylation is 1. The fourth-order valence-corrected chi connectivity index (χ4v) is 4.54. The van der Waals surface area contributed by atoms with E-state index in [9.17, 15) is 24.3 Å². The molecule has 2 amide bonds. The molecule has 2 atom stereocenters. The lowest BCUT2D eigenvalue weighted by atomic mass is 9.99. The minimum absolute atomic E-state index is 0.173. The summed E-state index contributed by atoms with van der Waals surface area (Å²) in [5.41, 5.74) is 2.84. The maximum atomic E-state index is 12.7. The molecule has 4 aromatic rings. The Morgan fingerprint density at radius 3 is 2.42 bits per heavy atom. The van der Waals surface area contributed by atoms with E-state index in [1.807, 2.05) is 37.3 Å². The summed E-state index contributed by atoms with van der Waals surface area (Å²) in [6, 6.07) is 10.3. The van der Waals surface area contributed by atoms with E-state index in [1.165, 1.54) is 0 Å². The lowest BCUT2D eigenvalue weighted by Crippen LogP contribution is -2.48. The first kappa shape index (κ1) is 27.1. The number of aliphatic carboxylic acids is 1. The van der Waals surface area contributed by atoms with Gasteiger partial charge in [-0.05, 0) is 42.2 Å². The van der Waals surface area contributed by atoms with Crippen molar-refractivity contribution in [3.05, 3.63) is 68.7 Å². The number of carboxylic acids is 1. The van der Waals surface area contributed by atoms with E-state index in [2.05, 4.69) is 26.6 Å². The summed E-state index contributed by atoms with van der Waals surface area (Å²) in [6.07, 6.45) is 1.92. The molecule has 10 heteroatoms. The predicted octanol–water partition coefficient (Wildman–Crippen LogP) is 4.55. The van der Waals surface area contributed by atoms with Gasteiger partial charge in [-0.3, -0.25) is 9.59 Å². The monoisotopic (exact) mass is 582 g/mol. The molecule has 0 radical (unpaired) electrons. The highest BCUT2D eigenvalue weighted by atomic mass is 79.9. The topological polar surface area (TPSA) is 139 Å². The molecule has 4 rings (SSSR count). The number of benzene rings is 2. The maximum absolute atomic E-state index is 12.7. The Morgan fingerprint density at radius 2 is 1.76 bits per heavy atom. The van der Waals surface area contributed by atoms with Gasteiger partial charge in [-0.15, -0.1) is 0 Å². The van der Waals surface area contributed by atoms with Crippen LogP contribution in [0.3, 0.4) is 0 Å². The van der Waals surface area contributed by atoms with E-state index in [1.54, 1.807) is 26.2 Å². The summed E-state index contributed by atoms with van der Waals surface area (Å²) in [6.45, 7) is 4.87. The maximum Gasteiger partial charge on any atom is 0.340 e. The number of carboxylic acid groups (broad SMARTS) is 1. The second kappa shape index (κ2) is 11.2. The molecule has 0 saturated carbocycles. The molecule has 0 aliphatic carbocycles. The number of halogens is 1. The lowest BCUT2D eigenvalue weighted by molar-refractivity contribution is -0.143. The summed E-state index contributed by atoms with van der Waals surface area (Å²) < 4.78 is 12.2. The fourth-order valence-electron chi connectivity index (χ4n) is 4.28. The van der Waals surface area contributed by atoms with Gasteiger partial charge in [0.1, 0.15) is 17.2 Å². The van der Waals surface area contributed by atoms with Crippen molar-refractivity contribution in [3.63, 3.8) is 0 Å². The highest BCUT2D eigenvalue weighted by Crippen LogP contribution is 2.35. The van der Waals surface area contributed by atoms with Gasteiger partial charge in [0.25, 0.3) is 0 Å². The second-order valence-electron chi connectivity index (χ2n) is 9.22. The van der Waals surface area contributed by atoms with Crippen LogP contribution in [-0.2, 0) is 20.8 Å². The van der Waals surface area contributed by atoms with E-state index < -0.39 is 36.0 Å².